The summed E-state index contributed by atoms with van der Waals surface area (Å²) < 4.78 is 52.6. The lowest BCUT2D eigenvalue weighted by Crippen LogP contribution is -2.45. The highest BCUT2D eigenvalue weighted by molar-refractivity contribution is 5.99. The summed E-state index contributed by atoms with van der Waals surface area (Å²) in [5, 5.41) is 24.4. The summed E-state index contributed by atoms with van der Waals surface area (Å²) in [6.07, 6.45) is 1.44. The molecule has 1 heterocycles. The van der Waals surface area contributed by atoms with E-state index in [4.69, 9.17) is 11.7 Å². The number of rotatable bonds is 4. The number of anilines is 1. The van der Waals surface area contributed by atoms with Gasteiger partial charge >= 0.3 is 6.18 Å². The van der Waals surface area contributed by atoms with Gasteiger partial charge in [-0.1, -0.05) is 5.92 Å². The molecule has 1 aromatic carbocycles. The van der Waals surface area contributed by atoms with Gasteiger partial charge in [-0.05, 0) is 18.2 Å². The number of hydrogen-bond donors (Lipinski definition) is 2. The zero-order valence-electron chi connectivity index (χ0n) is 12.9. The molecule has 26 heavy (non-hydrogen) atoms. The van der Waals surface area contributed by atoms with Crippen molar-refractivity contribution in [3.63, 3.8) is 0 Å². The first kappa shape index (κ1) is 19.0. The van der Waals surface area contributed by atoms with Gasteiger partial charge in [-0.2, -0.15) is 22.8 Å². The maximum atomic E-state index is 13.0. The molecule has 1 aromatic heterocycles. The van der Waals surface area contributed by atoms with Gasteiger partial charge in [0.15, 0.2) is 0 Å². The van der Waals surface area contributed by atoms with Crippen molar-refractivity contribution in [1.29, 1.82) is 5.26 Å². The number of nitriles is 1. The van der Waals surface area contributed by atoms with Crippen LogP contribution in [0.15, 0.2) is 30.5 Å². The van der Waals surface area contributed by atoms with Crippen molar-refractivity contribution < 1.29 is 27.5 Å². The molecule has 2 aromatic rings. The third-order valence-corrected chi connectivity index (χ3v) is 3.32. The molecule has 134 valence electrons. The quantitative estimate of drug-likeness (QED) is 0.639. The number of alkyl halides is 3. The monoisotopic (exact) mass is 366 g/mol. The maximum absolute atomic E-state index is 13.0. The molecule has 0 aliphatic heterocycles. The van der Waals surface area contributed by atoms with Crippen molar-refractivity contribution in [2.75, 3.05) is 5.32 Å². The first-order chi connectivity index (χ1) is 12.1. The molecule has 0 fully saturated rings. The van der Waals surface area contributed by atoms with E-state index in [0.29, 0.717) is 6.07 Å². The van der Waals surface area contributed by atoms with E-state index >= 15 is 0 Å². The molecule has 1 atom stereocenters. The highest BCUT2D eigenvalue weighted by Crippen LogP contribution is 2.33. The van der Waals surface area contributed by atoms with E-state index in [2.05, 4.69) is 5.10 Å². The van der Waals surface area contributed by atoms with Crippen LogP contribution in [0.1, 0.15) is 11.1 Å². The maximum Gasteiger partial charge on any atom is 0.417 e. The predicted molar refractivity (Wildman–Crippen MR) is 80.8 cm³/mol. The van der Waals surface area contributed by atoms with Gasteiger partial charge in [0, 0.05) is 18.0 Å². The third-order valence-electron chi connectivity index (χ3n) is 3.32. The zero-order chi connectivity index (χ0) is 19.5. The predicted octanol–water partition coefficient (Wildman–Crippen LogP) is 1.92. The van der Waals surface area contributed by atoms with Gasteiger partial charge in [0.05, 0.1) is 23.7 Å². The summed E-state index contributed by atoms with van der Waals surface area (Å²) in [7, 11) is 0. The van der Waals surface area contributed by atoms with Crippen LogP contribution in [0.25, 0.3) is 0 Å². The Morgan fingerprint density at radius 2 is 2.08 bits per heavy atom. The lowest BCUT2D eigenvalue weighted by atomic mass is 10.0. The number of terminal acetylenes is 1. The molecular formula is C16H10F4N4O2. The smallest absolute Gasteiger partial charge is 0.368 e. The molecular weight excluding hydrogens is 356 g/mol. The Balaban J connectivity index is 2.28. The van der Waals surface area contributed by atoms with E-state index in [1.54, 1.807) is 0 Å². The number of aromatic nitrogens is 2. The molecule has 0 aliphatic rings. The minimum absolute atomic E-state index is 0.332. The number of carbonyl (C=O) groups is 1. The molecule has 1 unspecified atom stereocenters. The summed E-state index contributed by atoms with van der Waals surface area (Å²) in [4.78, 5) is 12.2. The van der Waals surface area contributed by atoms with E-state index < -0.39 is 41.3 Å². The summed E-state index contributed by atoms with van der Waals surface area (Å²) in [5.41, 5.74) is -4.71. The molecule has 2 N–H and O–H groups in total. The Morgan fingerprint density at radius 1 is 1.38 bits per heavy atom. The van der Waals surface area contributed by atoms with Gasteiger partial charge in [0.2, 0.25) is 11.5 Å². The highest BCUT2D eigenvalue weighted by Gasteiger charge is 2.37. The van der Waals surface area contributed by atoms with Gasteiger partial charge in [-0.15, -0.1) is 11.5 Å². The zero-order valence-corrected chi connectivity index (χ0v) is 12.9. The van der Waals surface area contributed by atoms with Crippen LogP contribution in [0.3, 0.4) is 0 Å². The highest BCUT2D eigenvalue weighted by atomic mass is 19.4. The van der Waals surface area contributed by atoms with E-state index in [-0.39, 0.29) is 5.69 Å². The number of nitrogens with zero attached hydrogens (tertiary/aromatic N) is 3. The van der Waals surface area contributed by atoms with Crippen LogP contribution in [0.2, 0.25) is 0 Å². The first-order valence-corrected chi connectivity index (χ1v) is 6.91. The van der Waals surface area contributed by atoms with Gasteiger partial charge in [-0.3, -0.25) is 9.48 Å². The van der Waals surface area contributed by atoms with Crippen LogP contribution in [-0.4, -0.2) is 26.4 Å². The van der Waals surface area contributed by atoms with Gasteiger partial charge in [0.25, 0.3) is 5.91 Å². The van der Waals surface area contributed by atoms with Crippen LogP contribution in [0.4, 0.5) is 23.2 Å². The largest absolute Gasteiger partial charge is 0.417 e. The minimum Gasteiger partial charge on any atom is -0.368 e. The van der Waals surface area contributed by atoms with Crippen molar-refractivity contribution in [2.45, 2.75) is 18.3 Å². The number of benzene rings is 1. The molecule has 0 spiro atoms. The number of aliphatic hydroxyl groups is 1. The Bertz CT molecular complexity index is 924. The fourth-order valence-electron chi connectivity index (χ4n) is 2.03. The second-order valence-electron chi connectivity index (χ2n) is 5.16. The summed E-state index contributed by atoms with van der Waals surface area (Å²) >= 11 is 0. The van der Waals surface area contributed by atoms with Gasteiger partial charge in [-0.25, -0.2) is 0 Å². The molecule has 0 aliphatic carbocycles. The Hall–Kier alpha value is -3.37. The van der Waals surface area contributed by atoms with Gasteiger partial charge < -0.3 is 10.4 Å². The Morgan fingerprint density at radius 3 is 2.58 bits per heavy atom. The van der Waals surface area contributed by atoms with Crippen molar-refractivity contribution in [3.8, 4) is 18.4 Å². The number of carbonyl (C=O) groups excluding carboxylic acids is 1. The van der Waals surface area contributed by atoms with E-state index in [0.717, 1.165) is 29.1 Å². The number of halogens is 4. The van der Waals surface area contributed by atoms with Crippen molar-refractivity contribution in [3.05, 3.63) is 47.5 Å². The Kier molecular flexibility index (Phi) is 5.00. The van der Waals surface area contributed by atoms with Crippen LogP contribution in [0.5, 0.6) is 0 Å². The number of nitrogens with one attached hydrogen (secondary N) is 1. The van der Waals surface area contributed by atoms with Crippen LogP contribution < -0.4 is 5.32 Å². The van der Waals surface area contributed by atoms with Crippen molar-refractivity contribution in [2.24, 2.45) is 0 Å². The molecule has 0 saturated carbocycles. The normalized spacial score (nSPS) is 13.3. The second kappa shape index (κ2) is 6.86. The molecule has 0 bridgehead atoms. The van der Waals surface area contributed by atoms with E-state index in [1.165, 1.54) is 6.07 Å². The summed E-state index contributed by atoms with van der Waals surface area (Å²) in [5.74, 6) is -0.274. The fraction of sp³-hybridized carbons (Fsp3) is 0.188. The van der Waals surface area contributed by atoms with Gasteiger partial charge in [0.1, 0.15) is 0 Å². The lowest BCUT2D eigenvalue weighted by Gasteiger charge is -2.21. The van der Waals surface area contributed by atoms with E-state index in [1.807, 2.05) is 11.2 Å². The summed E-state index contributed by atoms with van der Waals surface area (Å²) in [6, 6.07) is 4.83. The molecule has 0 saturated heterocycles. The second-order valence-corrected chi connectivity index (χ2v) is 5.16. The van der Waals surface area contributed by atoms with Crippen molar-refractivity contribution >= 4 is 11.6 Å². The lowest BCUT2D eigenvalue weighted by molar-refractivity contribution is -0.137. The average molecular weight is 366 g/mol. The van der Waals surface area contributed by atoms with Crippen LogP contribution in [-0.2, 0) is 17.5 Å². The van der Waals surface area contributed by atoms with Crippen LogP contribution in [0, 0.1) is 29.6 Å². The molecule has 10 heteroatoms. The fourth-order valence-corrected chi connectivity index (χ4v) is 2.03. The topological polar surface area (TPSA) is 90.9 Å². The first-order valence-electron chi connectivity index (χ1n) is 6.91. The minimum atomic E-state index is -4.82. The van der Waals surface area contributed by atoms with E-state index in [9.17, 15) is 27.5 Å². The molecule has 6 nitrogen and oxygen atoms in total. The number of hydrogen-bond acceptors (Lipinski definition) is 4. The Labute approximate surface area is 144 Å². The molecule has 1 amide bonds. The molecule has 2 rings (SSSR count). The average Bonchev–Trinajstić information content (AvgIpc) is 2.98. The SMILES string of the molecule is C#CC(O)(Cn1ccc(F)n1)C(=O)Nc1ccc(C#N)c(C(F)(F)F)c1. The summed E-state index contributed by atoms with van der Waals surface area (Å²) in [6.45, 7) is -0.623. The third kappa shape index (κ3) is 3.99. The number of amides is 1. The van der Waals surface area contributed by atoms with Crippen LogP contribution >= 0.6 is 0 Å². The standard InChI is InChI=1S/C16H10F4N4O2/c1-2-15(26,9-24-6-5-13(17)23-24)14(25)22-11-4-3-10(8-21)12(7-11)16(18,19)20/h1,3-7,26H,9H2,(H,22,25). The van der Waals surface area contributed by atoms with Crippen molar-refractivity contribution in [1.82, 2.24) is 9.78 Å². The molecule has 0 radical (unpaired) electrons.